The minimum atomic E-state index is -4.17. The first-order valence-electron chi connectivity index (χ1n) is 5.14. The molecule has 7 heteroatoms. The van der Waals surface area contributed by atoms with Gasteiger partial charge in [0, 0.05) is 13.1 Å². The lowest BCUT2D eigenvalue weighted by molar-refractivity contribution is -0.186. The predicted octanol–water partition coefficient (Wildman–Crippen LogP) is 0.0733. The highest BCUT2D eigenvalue weighted by Gasteiger charge is 2.41. The average molecular weight is 239 g/mol. The molecule has 0 aromatic carbocycles. The third-order valence-electron chi connectivity index (χ3n) is 2.79. The van der Waals surface area contributed by atoms with E-state index in [1.54, 1.807) is 4.90 Å². The van der Waals surface area contributed by atoms with Gasteiger partial charge in [0.05, 0.1) is 12.0 Å². The maximum atomic E-state index is 12.5. The minimum absolute atomic E-state index is 0.0928. The smallest absolute Gasteiger partial charge is 0.368 e. The third-order valence-corrected chi connectivity index (χ3v) is 2.79. The van der Waals surface area contributed by atoms with Gasteiger partial charge in [0.25, 0.3) is 0 Å². The summed E-state index contributed by atoms with van der Waals surface area (Å²) < 4.78 is 37.4. The average Bonchev–Trinajstić information content (AvgIpc) is 2.16. The van der Waals surface area contributed by atoms with E-state index >= 15 is 0 Å². The second-order valence-electron chi connectivity index (χ2n) is 4.15. The zero-order chi connectivity index (χ0) is 12.3. The van der Waals surface area contributed by atoms with Gasteiger partial charge in [-0.15, -0.1) is 0 Å². The van der Waals surface area contributed by atoms with Crippen LogP contribution < -0.4 is 11.5 Å². The summed E-state index contributed by atoms with van der Waals surface area (Å²) in [4.78, 5) is 12.3. The lowest BCUT2D eigenvalue weighted by Gasteiger charge is -2.34. The molecule has 1 aliphatic rings. The van der Waals surface area contributed by atoms with Crippen LogP contribution in [0.1, 0.15) is 12.8 Å². The lowest BCUT2D eigenvalue weighted by atomic mass is 9.97. The van der Waals surface area contributed by atoms with Gasteiger partial charge in [-0.2, -0.15) is 13.2 Å². The summed E-state index contributed by atoms with van der Waals surface area (Å²) in [5.74, 6) is -2.00. The van der Waals surface area contributed by atoms with Crippen molar-refractivity contribution in [2.75, 3.05) is 19.6 Å². The van der Waals surface area contributed by atoms with E-state index in [4.69, 9.17) is 11.5 Å². The van der Waals surface area contributed by atoms with E-state index in [1.165, 1.54) is 0 Å². The van der Waals surface area contributed by atoms with E-state index in [0.717, 1.165) is 0 Å². The standard InChI is InChI=1S/C9H16F3N3O/c10-9(11,12)6-2-1-3-15(4-6)5-7(13)8(14)16/h6-7H,1-5,13H2,(H2,14,16). The van der Waals surface area contributed by atoms with Crippen LogP contribution in [0.5, 0.6) is 0 Å². The van der Waals surface area contributed by atoms with Gasteiger partial charge < -0.3 is 16.4 Å². The lowest BCUT2D eigenvalue weighted by Crippen LogP contribution is -2.50. The molecule has 0 aliphatic carbocycles. The molecule has 4 N–H and O–H groups in total. The molecule has 1 heterocycles. The number of amides is 1. The molecule has 4 nitrogen and oxygen atoms in total. The number of alkyl halides is 3. The van der Waals surface area contributed by atoms with Crippen molar-refractivity contribution in [2.24, 2.45) is 17.4 Å². The molecule has 1 amide bonds. The zero-order valence-corrected chi connectivity index (χ0v) is 8.83. The summed E-state index contributed by atoms with van der Waals surface area (Å²) in [6.45, 7) is 0.542. The van der Waals surface area contributed by atoms with Crippen LogP contribution in [0.25, 0.3) is 0 Å². The molecule has 2 unspecified atom stereocenters. The number of halogens is 3. The number of carbonyl (C=O) groups excluding carboxylic acids is 1. The Morgan fingerprint density at radius 3 is 2.62 bits per heavy atom. The van der Waals surface area contributed by atoms with Crippen molar-refractivity contribution in [3.63, 3.8) is 0 Å². The first kappa shape index (κ1) is 13.2. The second kappa shape index (κ2) is 5.01. The van der Waals surface area contributed by atoms with Crippen LogP contribution in [-0.4, -0.2) is 42.7 Å². The monoisotopic (exact) mass is 239 g/mol. The maximum absolute atomic E-state index is 12.5. The van der Waals surface area contributed by atoms with Crippen molar-refractivity contribution in [3.8, 4) is 0 Å². The van der Waals surface area contributed by atoms with E-state index in [-0.39, 0.29) is 19.5 Å². The number of carbonyl (C=O) groups is 1. The second-order valence-corrected chi connectivity index (χ2v) is 4.15. The van der Waals surface area contributed by atoms with E-state index < -0.39 is 24.0 Å². The SMILES string of the molecule is NC(=O)C(N)CN1CCCC(C(F)(F)F)C1. The van der Waals surface area contributed by atoms with Crippen molar-refractivity contribution in [3.05, 3.63) is 0 Å². The fourth-order valence-electron chi connectivity index (χ4n) is 1.86. The van der Waals surface area contributed by atoms with Crippen LogP contribution in [-0.2, 0) is 4.79 Å². The molecule has 16 heavy (non-hydrogen) atoms. The van der Waals surface area contributed by atoms with Crippen molar-refractivity contribution in [1.82, 2.24) is 4.90 Å². The number of nitrogens with zero attached hydrogens (tertiary/aromatic N) is 1. The molecule has 1 rings (SSSR count). The quantitative estimate of drug-likeness (QED) is 0.732. The highest BCUT2D eigenvalue weighted by molar-refractivity contribution is 5.79. The molecular formula is C9H16F3N3O. The molecule has 1 saturated heterocycles. The Balaban J connectivity index is 2.48. The zero-order valence-electron chi connectivity index (χ0n) is 8.83. The summed E-state index contributed by atoms with van der Waals surface area (Å²) in [6.07, 6.45) is -3.56. The third kappa shape index (κ3) is 3.64. The molecule has 1 fully saturated rings. The van der Waals surface area contributed by atoms with Crippen molar-refractivity contribution < 1.29 is 18.0 Å². The fourth-order valence-corrected chi connectivity index (χ4v) is 1.86. The molecule has 0 bridgehead atoms. The van der Waals surface area contributed by atoms with Gasteiger partial charge in [-0.1, -0.05) is 0 Å². The van der Waals surface area contributed by atoms with Gasteiger partial charge in [0.15, 0.2) is 0 Å². The van der Waals surface area contributed by atoms with Gasteiger partial charge >= 0.3 is 6.18 Å². The largest absolute Gasteiger partial charge is 0.393 e. The van der Waals surface area contributed by atoms with Gasteiger partial charge in [-0.3, -0.25) is 4.79 Å². The topological polar surface area (TPSA) is 72.3 Å². The van der Waals surface area contributed by atoms with Gasteiger partial charge in [0.1, 0.15) is 0 Å². The van der Waals surface area contributed by atoms with Crippen LogP contribution in [0, 0.1) is 5.92 Å². The predicted molar refractivity (Wildman–Crippen MR) is 52.4 cm³/mol. The van der Waals surface area contributed by atoms with E-state index in [0.29, 0.717) is 13.0 Å². The van der Waals surface area contributed by atoms with Crippen LogP contribution >= 0.6 is 0 Å². The van der Waals surface area contributed by atoms with Crippen LogP contribution in [0.4, 0.5) is 13.2 Å². The Labute approximate surface area is 91.8 Å². The summed E-state index contributed by atoms with van der Waals surface area (Å²) in [5.41, 5.74) is 10.4. The Morgan fingerprint density at radius 1 is 1.50 bits per heavy atom. The summed E-state index contributed by atoms with van der Waals surface area (Å²) in [5, 5.41) is 0. The number of piperidine rings is 1. The molecule has 0 aromatic heterocycles. The normalized spacial score (nSPS) is 25.4. The molecule has 1 aliphatic heterocycles. The first-order chi connectivity index (χ1) is 7.30. The molecule has 0 saturated carbocycles. The Hall–Kier alpha value is -0.820. The van der Waals surface area contributed by atoms with Crippen LogP contribution in [0.3, 0.4) is 0 Å². The molecule has 0 aromatic rings. The minimum Gasteiger partial charge on any atom is -0.368 e. The Kier molecular flexibility index (Phi) is 4.15. The van der Waals surface area contributed by atoms with Gasteiger partial charge in [-0.25, -0.2) is 0 Å². The van der Waals surface area contributed by atoms with Gasteiger partial charge in [0.2, 0.25) is 5.91 Å². The van der Waals surface area contributed by atoms with Crippen molar-refractivity contribution in [2.45, 2.75) is 25.1 Å². The van der Waals surface area contributed by atoms with Crippen molar-refractivity contribution in [1.29, 1.82) is 0 Å². The fraction of sp³-hybridized carbons (Fsp3) is 0.889. The summed E-state index contributed by atoms with van der Waals surface area (Å²) >= 11 is 0. The number of likely N-dealkylation sites (tertiary alicyclic amines) is 1. The van der Waals surface area contributed by atoms with Gasteiger partial charge in [-0.05, 0) is 19.4 Å². The Morgan fingerprint density at radius 2 is 2.12 bits per heavy atom. The van der Waals surface area contributed by atoms with E-state index in [1.807, 2.05) is 0 Å². The van der Waals surface area contributed by atoms with E-state index in [9.17, 15) is 18.0 Å². The molecule has 2 atom stereocenters. The van der Waals surface area contributed by atoms with Crippen molar-refractivity contribution >= 4 is 5.91 Å². The summed E-state index contributed by atoms with van der Waals surface area (Å²) in [6, 6.07) is -0.896. The van der Waals surface area contributed by atoms with Crippen LogP contribution in [0.2, 0.25) is 0 Å². The molecule has 0 spiro atoms. The summed E-state index contributed by atoms with van der Waals surface area (Å²) in [7, 11) is 0. The van der Waals surface area contributed by atoms with E-state index in [2.05, 4.69) is 0 Å². The van der Waals surface area contributed by atoms with Crippen LogP contribution in [0.15, 0.2) is 0 Å². The maximum Gasteiger partial charge on any atom is 0.393 e. The number of nitrogens with two attached hydrogens (primary N) is 2. The molecule has 94 valence electrons. The number of primary amides is 1. The first-order valence-corrected chi connectivity index (χ1v) is 5.14. The highest BCUT2D eigenvalue weighted by Crippen LogP contribution is 2.32. The highest BCUT2D eigenvalue weighted by atomic mass is 19.4. The molecular weight excluding hydrogens is 223 g/mol. The Bertz CT molecular complexity index is 257. The number of rotatable bonds is 3. The number of hydrogen-bond acceptors (Lipinski definition) is 3. The molecule has 0 radical (unpaired) electrons. The number of hydrogen-bond donors (Lipinski definition) is 2.